The van der Waals surface area contributed by atoms with Crippen molar-refractivity contribution in [2.75, 3.05) is 5.32 Å². The lowest BCUT2D eigenvalue weighted by atomic mass is 10.0. The quantitative estimate of drug-likeness (QED) is 0.751. The van der Waals surface area contributed by atoms with Gasteiger partial charge >= 0.3 is 0 Å². The van der Waals surface area contributed by atoms with Gasteiger partial charge in [-0.05, 0) is 43.5 Å². The predicted octanol–water partition coefficient (Wildman–Crippen LogP) is 4.00. The van der Waals surface area contributed by atoms with E-state index in [1.54, 1.807) is 44.2 Å². The number of aromatic nitrogens is 2. The van der Waals surface area contributed by atoms with Crippen LogP contribution in [0, 0.1) is 0 Å². The van der Waals surface area contributed by atoms with Gasteiger partial charge in [0.15, 0.2) is 0 Å². The molecule has 0 fully saturated rings. The maximum absolute atomic E-state index is 12.8. The third kappa shape index (κ3) is 3.50. The number of carbonyl (C=O) groups excluding carboxylic acids is 1. The molecule has 128 valence electrons. The van der Waals surface area contributed by atoms with Crippen molar-refractivity contribution in [3.8, 4) is 10.6 Å². The smallest absolute Gasteiger partial charge is 0.267 e. The molecule has 0 saturated heterocycles. The van der Waals surface area contributed by atoms with E-state index in [2.05, 4.69) is 10.4 Å². The maximum Gasteiger partial charge on any atom is 0.267 e. The number of rotatable bonds is 4. The molecule has 3 rings (SSSR count). The predicted molar refractivity (Wildman–Crippen MR) is 101 cm³/mol. The van der Waals surface area contributed by atoms with Gasteiger partial charge < -0.3 is 5.32 Å². The minimum Gasteiger partial charge on any atom is -0.323 e. The Kier molecular flexibility index (Phi) is 4.74. The highest BCUT2D eigenvalue weighted by molar-refractivity contribution is 7.13. The van der Waals surface area contributed by atoms with Crippen molar-refractivity contribution in [3.63, 3.8) is 0 Å². The van der Waals surface area contributed by atoms with E-state index in [9.17, 15) is 9.59 Å². The van der Waals surface area contributed by atoms with Crippen LogP contribution in [0.1, 0.15) is 13.8 Å². The summed E-state index contributed by atoms with van der Waals surface area (Å²) in [6, 6.07) is 13.8. The number of hydrogen-bond acceptors (Lipinski definition) is 4. The van der Waals surface area contributed by atoms with Gasteiger partial charge in [-0.1, -0.05) is 29.8 Å². The van der Waals surface area contributed by atoms with Crippen molar-refractivity contribution in [2.45, 2.75) is 19.4 Å². The number of para-hydroxylation sites is 1. The Hall–Kier alpha value is -2.44. The first-order valence-electron chi connectivity index (χ1n) is 7.60. The molecule has 1 N–H and O–H groups in total. The molecule has 0 unspecified atom stereocenters. The van der Waals surface area contributed by atoms with Crippen LogP contribution in [0.25, 0.3) is 10.6 Å². The van der Waals surface area contributed by atoms with Crippen LogP contribution in [0.15, 0.2) is 58.7 Å². The maximum atomic E-state index is 12.8. The Bertz CT molecular complexity index is 964. The fourth-order valence-corrected chi connectivity index (χ4v) is 3.17. The molecule has 0 bridgehead atoms. The minimum absolute atomic E-state index is 0.348. The molecule has 2 aromatic heterocycles. The van der Waals surface area contributed by atoms with Gasteiger partial charge in [0.25, 0.3) is 11.5 Å². The van der Waals surface area contributed by atoms with Gasteiger partial charge in [0.05, 0.1) is 15.6 Å². The van der Waals surface area contributed by atoms with E-state index in [0.29, 0.717) is 16.4 Å². The SMILES string of the molecule is CC(C)(C(=O)Nc1ccccc1Cl)n1nc(-c2cccs2)ccc1=O. The average molecular weight is 374 g/mol. The summed E-state index contributed by atoms with van der Waals surface area (Å²) >= 11 is 7.61. The van der Waals surface area contributed by atoms with Gasteiger partial charge in [-0.25, -0.2) is 4.68 Å². The molecule has 0 atom stereocenters. The molecule has 0 saturated carbocycles. The molecule has 25 heavy (non-hydrogen) atoms. The minimum atomic E-state index is -1.19. The second-order valence-corrected chi connectivity index (χ2v) is 7.29. The summed E-state index contributed by atoms with van der Waals surface area (Å²) in [6.07, 6.45) is 0. The van der Waals surface area contributed by atoms with Crippen molar-refractivity contribution >= 4 is 34.5 Å². The number of thiophene rings is 1. The van der Waals surface area contributed by atoms with Crippen LogP contribution in [0.4, 0.5) is 5.69 Å². The van der Waals surface area contributed by atoms with Crippen LogP contribution < -0.4 is 10.9 Å². The zero-order valence-electron chi connectivity index (χ0n) is 13.7. The van der Waals surface area contributed by atoms with E-state index in [4.69, 9.17) is 11.6 Å². The molecule has 7 heteroatoms. The molecular formula is C18H16ClN3O2S. The number of halogens is 1. The van der Waals surface area contributed by atoms with E-state index in [1.165, 1.54) is 22.1 Å². The number of carbonyl (C=O) groups is 1. The van der Waals surface area contributed by atoms with Crippen LogP contribution in [-0.4, -0.2) is 15.7 Å². The van der Waals surface area contributed by atoms with Crippen molar-refractivity contribution in [2.24, 2.45) is 0 Å². The summed E-state index contributed by atoms with van der Waals surface area (Å²) < 4.78 is 1.20. The van der Waals surface area contributed by atoms with Gasteiger partial charge in [0.1, 0.15) is 11.2 Å². The van der Waals surface area contributed by atoms with E-state index < -0.39 is 5.54 Å². The third-order valence-electron chi connectivity index (χ3n) is 3.78. The fourth-order valence-electron chi connectivity index (χ4n) is 2.30. The van der Waals surface area contributed by atoms with E-state index >= 15 is 0 Å². The molecular weight excluding hydrogens is 358 g/mol. The standard InChI is InChI=1S/C18H16ClN3O2S/c1-18(2,17(24)20-13-7-4-3-6-12(13)19)22-16(23)10-9-14(21-22)15-8-5-11-25-15/h3-11H,1-2H3,(H,20,24). The molecule has 1 aromatic carbocycles. The highest BCUT2D eigenvalue weighted by Gasteiger charge is 2.32. The lowest BCUT2D eigenvalue weighted by Gasteiger charge is -2.25. The van der Waals surface area contributed by atoms with Gasteiger partial charge in [-0.15, -0.1) is 11.3 Å². The first kappa shape index (κ1) is 17.4. The Morgan fingerprint density at radius 3 is 2.60 bits per heavy atom. The highest BCUT2D eigenvalue weighted by atomic mass is 35.5. The van der Waals surface area contributed by atoms with Gasteiger partial charge in [-0.2, -0.15) is 5.10 Å². The monoisotopic (exact) mass is 373 g/mol. The summed E-state index contributed by atoms with van der Waals surface area (Å²) in [5.41, 5.74) is -0.402. The van der Waals surface area contributed by atoms with E-state index in [1.807, 2.05) is 17.5 Å². The van der Waals surface area contributed by atoms with Gasteiger partial charge in [-0.3, -0.25) is 9.59 Å². The molecule has 3 aromatic rings. The first-order valence-corrected chi connectivity index (χ1v) is 8.86. The normalized spacial score (nSPS) is 11.3. The number of anilines is 1. The molecule has 5 nitrogen and oxygen atoms in total. The number of nitrogens with zero attached hydrogens (tertiary/aromatic N) is 2. The van der Waals surface area contributed by atoms with Crippen LogP contribution in [0.5, 0.6) is 0 Å². The van der Waals surface area contributed by atoms with Crippen LogP contribution in [0.3, 0.4) is 0 Å². The zero-order chi connectivity index (χ0) is 18.0. The number of amides is 1. The summed E-state index contributed by atoms with van der Waals surface area (Å²) in [4.78, 5) is 26.0. The van der Waals surface area contributed by atoms with E-state index in [0.717, 1.165) is 4.88 Å². The lowest BCUT2D eigenvalue weighted by Crippen LogP contribution is -2.47. The van der Waals surface area contributed by atoms with Crippen LogP contribution in [0.2, 0.25) is 5.02 Å². The molecule has 0 spiro atoms. The highest BCUT2D eigenvalue weighted by Crippen LogP contribution is 2.25. The number of benzene rings is 1. The number of hydrogen-bond donors (Lipinski definition) is 1. The van der Waals surface area contributed by atoms with Gasteiger partial charge in [0.2, 0.25) is 0 Å². The summed E-state index contributed by atoms with van der Waals surface area (Å²) in [7, 11) is 0. The molecule has 0 aliphatic heterocycles. The molecule has 1 amide bonds. The second-order valence-electron chi connectivity index (χ2n) is 5.94. The molecule has 0 radical (unpaired) electrons. The van der Waals surface area contributed by atoms with E-state index in [-0.39, 0.29) is 11.5 Å². The topological polar surface area (TPSA) is 64.0 Å². The Balaban J connectivity index is 1.96. The Morgan fingerprint density at radius 1 is 1.16 bits per heavy atom. The second kappa shape index (κ2) is 6.82. The summed E-state index contributed by atoms with van der Waals surface area (Å²) in [6.45, 7) is 3.29. The van der Waals surface area contributed by atoms with Gasteiger partial charge in [0, 0.05) is 6.07 Å². The fraction of sp³-hybridized carbons (Fsp3) is 0.167. The van der Waals surface area contributed by atoms with Crippen molar-refractivity contribution in [1.29, 1.82) is 0 Å². The molecule has 2 heterocycles. The average Bonchev–Trinajstić information content (AvgIpc) is 3.11. The molecule has 0 aliphatic carbocycles. The molecule has 0 aliphatic rings. The Labute approximate surface area is 153 Å². The first-order chi connectivity index (χ1) is 11.9. The van der Waals surface area contributed by atoms with Crippen molar-refractivity contribution < 1.29 is 4.79 Å². The van der Waals surface area contributed by atoms with Crippen molar-refractivity contribution in [1.82, 2.24) is 9.78 Å². The third-order valence-corrected chi connectivity index (χ3v) is 5.00. The largest absolute Gasteiger partial charge is 0.323 e. The lowest BCUT2D eigenvalue weighted by molar-refractivity contribution is -0.123. The summed E-state index contributed by atoms with van der Waals surface area (Å²) in [5, 5.41) is 9.52. The van der Waals surface area contributed by atoms with Crippen LogP contribution in [-0.2, 0) is 10.3 Å². The van der Waals surface area contributed by atoms with Crippen molar-refractivity contribution in [3.05, 3.63) is 69.3 Å². The number of nitrogens with one attached hydrogen (secondary N) is 1. The van der Waals surface area contributed by atoms with Crippen LogP contribution >= 0.6 is 22.9 Å². The Morgan fingerprint density at radius 2 is 1.92 bits per heavy atom. The zero-order valence-corrected chi connectivity index (χ0v) is 15.3. The summed E-state index contributed by atoms with van der Waals surface area (Å²) in [5.74, 6) is -0.376.